The average Bonchev–Trinajstić information content (AvgIpc) is 2.16. The number of hydrogen-bond donors (Lipinski definition) is 1. The fourth-order valence-corrected chi connectivity index (χ4v) is 1.80. The zero-order valence-corrected chi connectivity index (χ0v) is 7.77. The van der Waals surface area contributed by atoms with E-state index in [0.717, 1.165) is 6.07 Å². The molecule has 0 aromatic heterocycles. The summed E-state index contributed by atoms with van der Waals surface area (Å²) in [6.45, 7) is -4.76. The molecule has 0 atom stereocenters. The van der Waals surface area contributed by atoms with Gasteiger partial charge in [0, 0.05) is 12.1 Å². The lowest BCUT2D eigenvalue weighted by Gasteiger charge is -2.25. The van der Waals surface area contributed by atoms with Gasteiger partial charge in [-0.25, -0.2) is 0 Å². The van der Waals surface area contributed by atoms with Crippen LogP contribution in [-0.4, -0.2) is 19.4 Å². The van der Waals surface area contributed by atoms with Crippen LogP contribution in [0.5, 0.6) is 0 Å². The number of carbonyl (C=O) groups is 1. The summed E-state index contributed by atoms with van der Waals surface area (Å²) in [5.41, 5.74) is -0.353. The van der Waals surface area contributed by atoms with Crippen LogP contribution < -0.4 is 10.8 Å². The van der Waals surface area contributed by atoms with Crippen LogP contribution in [0.3, 0.4) is 0 Å². The molecule has 1 aliphatic heterocycles. The van der Waals surface area contributed by atoms with Gasteiger partial charge >= 0.3 is 6.98 Å². The first kappa shape index (κ1) is 10.1. The number of amides is 1. The number of carbonyl (C=O) groups excluding carboxylic acids is 1. The SMILES string of the molecule is O=C1NCCc2c1cccc2[B-](F)(F)F. The maximum Gasteiger partial charge on any atom is 0.509 e. The van der Waals surface area contributed by atoms with Gasteiger partial charge in [-0.05, 0) is 12.5 Å². The van der Waals surface area contributed by atoms with E-state index >= 15 is 0 Å². The van der Waals surface area contributed by atoms with Gasteiger partial charge in [0.25, 0.3) is 5.91 Å². The Kier molecular flexibility index (Phi) is 2.21. The first-order valence-electron chi connectivity index (χ1n) is 4.60. The molecule has 0 fully saturated rings. The molecule has 6 heteroatoms. The molecule has 0 bridgehead atoms. The average molecular weight is 214 g/mol. The Morgan fingerprint density at radius 3 is 2.67 bits per heavy atom. The predicted molar refractivity (Wildman–Crippen MR) is 51.2 cm³/mol. The third kappa shape index (κ3) is 1.71. The Morgan fingerprint density at radius 2 is 2.00 bits per heavy atom. The second kappa shape index (κ2) is 3.29. The molecule has 1 N–H and O–H groups in total. The van der Waals surface area contributed by atoms with E-state index in [0.29, 0.717) is 0 Å². The summed E-state index contributed by atoms with van der Waals surface area (Å²) in [4.78, 5) is 11.3. The largest absolute Gasteiger partial charge is 0.509 e. The van der Waals surface area contributed by atoms with Crippen LogP contribution in [0.25, 0.3) is 0 Å². The first-order chi connectivity index (χ1) is 7.00. The van der Waals surface area contributed by atoms with Gasteiger partial charge < -0.3 is 18.3 Å². The third-order valence-electron chi connectivity index (χ3n) is 2.47. The van der Waals surface area contributed by atoms with Gasteiger partial charge in [0.2, 0.25) is 0 Å². The summed E-state index contributed by atoms with van der Waals surface area (Å²) in [6, 6.07) is 3.74. The van der Waals surface area contributed by atoms with Crippen molar-refractivity contribution in [3.8, 4) is 0 Å². The Bertz CT molecular complexity index is 416. The summed E-state index contributed by atoms with van der Waals surface area (Å²) in [5, 5.41) is 2.52. The van der Waals surface area contributed by atoms with E-state index in [1.54, 1.807) is 0 Å². The van der Waals surface area contributed by atoms with Gasteiger partial charge in [-0.1, -0.05) is 17.7 Å². The van der Waals surface area contributed by atoms with Crippen LogP contribution in [0.1, 0.15) is 15.9 Å². The van der Waals surface area contributed by atoms with E-state index in [1.807, 2.05) is 0 Å². The van der Waals surface area contributed by atoms with Crippen molar-refractivity contribution < 1.29 is 17.7 Å². The number of nitrogens with one attached hydrogen (secondary N) is 1. The Balaban J connectivity index is 2.59. The first-order valence-corrected chi connectivity index (χ1v) is 4.60. The number of rotatable bonds is 1. The van der Waals surface area contributed by atoms with Gasteiger partial charge in [-0.2, -0.15) is 0 Å². The quantitative estimate of drug-likeness (QED) is 0.695. The normalized spacial score (nSPS) is 15.8. The molecule has 1 aromatic carbocycles. The number of benzene rings is 1. The molecule has 80 valence electrons. The molecule has 0 radical (unpaired) electrons. The van der Waals surface area contributed by atoms with Crippen molar-refractivity contribution in [2.24, 2.45) is 0 Å². The minimum Gasteiger partial charge on any atom is -0.445 e. The molecule has 0 saturated carbocycles. The number of fused-ring (bicyclic) bond motifs is 1. The van der Waals surface area contributed by atoms with Crippen molar-refractivity contribution in [2.75, 3.05) is 6.54 Å². The van der Waals surface area contributed by atoms with E-state index in [9.17, 15) is 17.7 Å². The molecule has 1 heterocycles. The van der Waals surface area contributed by atoms with Crippen molar-refractivity contribution in [1.29, 1.82) is 0 Å². The molecule has 15 heavy (non-hydrogen) atoms. The van der Waals surface area contributed by atoms with Crippen molar-refractivity contribution in [2.45, 2.75) is 6.42 Å². The van der Waals surface area contributed by atoms with Gasteiger partial charge in [0.05, 0.1) is 0 Å². The van der Waals surface area contributed by atoms with Crippen molar-refractivity contribution in [3.63, 3.8) is 0 Å². The summed E-state index contributed by atoms with van der Waals surface area (Å²) in [7, 11) is 0. The lowest BCUT2D eigenvalue weighted by atomic mass is 9.74. The fraction of sp³-hybridized carbons (Fsp3) is 0.222. The Morgan fingerprint density at radius 1 is 1.27 bits per heavy atom. The van der Waals surface area contributed by atoms with E-state index in [2.05, 4.69) is 5.32 Å². The van der Waals surface area contributed by atoms with Crippen molar-refractivity contribution >= 4 is 18.3 Å². The summed E-state index contributed by atoms with van der Waals surface area (Å²) < 4.78 is 37.9. The minimum absolute atomic E-state index is 0.133. The van der Waals surface area contributed by atoms with Gasteiger partial charge in [0.15, 0.2) is 0 Å². The zero-order chi connectivity index (χ0) is 11.1. The highest BCUT2D eigenvalue weighted by molar-refractivity contribution is 6.74. The van der Waals surface area contributed by atoms with E-state index < -0.39 is 18.3 Å². The highest BCUT2D eigenvalue weighted by Crippen LogP contribution is 2.18. The number of hydrogen-bond acceptors (Lipinski definition) is 1. The second-order valence-electron chi connectivity index (χ2n) is 3.45. The number of halogens is 3. The maximum atomic E-state index is 12.6. The van der Waals surface area contributed by atoms with Crippen molar-refractivity contribution in [3.05, 3.63) is 29.3 Å². The summed E-state index contributed by atoms with van der Waals surface area (Å²) in [5.74, 6) is -0.418. The van der Waals surface area contributed by atoms with Crippen LogP contribution in [0, 0.1) is 0 Å². The van der Waals surface area contributed by atoms with Crippen LogP contribution >= 0.6 is 0 Å². The van der Waals surface area contributed by atoms with E-state index in [4.69, 9.17) is 0 Å². The molecule has 0 saturated heterocycles. The molecule has 0 unspecified atom stereocenters. The molecule has 2 rings (SSSR count). The molecule has 2 nitrogen and oxygen atoms in total. The Hall–Kier alpha value is -1.46. The molecule has 1 aliphatic rings. The summed E-state index contributed by atoms with van der Waals surface area (Å²) in [6.07, 6.45) is 0.249. The fourth-order valence-electron chi connectivity index (χ4n) is 1.80. The molecule has 0 spiro atoms. The smallest absolute Gasteiger partial charge is 0.445 e. The molecular weight excluding hydrogens is 206 g/mol. The second-order valence-corrected chi connectivity index (χ2v) is 3.45. The Labute approximate surface area is 84.5 Å². The van der Waals surface area contributed by atoms with Crippen LogP contribution in [-0.2, 0) is 6.42 Å². The van der Waals surface area contributed by atoms with Crippen LogP contribution in [0.4, 0.5) is 12.9 Å². The highest BCUT2D eigenvalue weighted by Gasteiger charge is 2.31. The lowest BCUT2D eigenvalue weighted by molar-refractivity contribution is 0.0946. The summed E-state index contributed by atoms with van der Waals surface area (Å²) >= 11 is 0. The predicted octanol–water partition coefficient (Wildman–Crippen LogP) is 1.03. The molecular formula is C9H8BF3NO-. The molecule has 1 amide bonds. The third-order valence-corrected chi connectivity index (χ3v) is 2.47. The topological polar surface area (TPSA) is 29.1 Å². The van der Waals surface area contributed by atoms with Gasteiger partial charge in [-0.15, -0.1) is 5.46 Å². The molecule has 0 aliphatic carbocycles. The lowest BCUT2D eigenvalue weighted by Crippen LogP contribution is -2.42. The van der Waals surface area contributed by atoms with E-state index in [-0.39, 0.29) is 24.1 Å². The maximum absolute atomic E-state index is 12.6. The zero-order valence-electron chi connectivity index (χ0n) is 7.77. The van der Waals surface area contributed by atoms with Crippen LogP contribution in [0.15, 0.2) is 18.2 Å². The van der Waals surface area contributed by atoms with Crippen LogP contribution in [0.2, 0.25) is 0 Å². The van der Waals surface area contributed by atoms with Gasteiger partial charge in [0.1, 0.15) is 0 Å². The molecule has 1 aromatic rings. The van der Waals surface area contributed by atoms with Gasteiger partial charge in [-0.3, -0.25) is 4.79 Å². The monoisotopic (exact) mass is 214 g/mol. The standard InChI is InChI=1S/C9H8BF3NO/c11-10(12,13)8-3-1-2-7-6(8)4-5-14-9(7)15/h1-3H,4-5H2,(H,14,15)/q-1. The minimum atomic E-state index is -5.03. The highest BCUT2D eigenvalue weighted by atomic mass is 19.4. The van der Waals surface area contributed by atoms with Crippen molar-refractivity contribution in [1.82, 2.24) is 5.32 Å². The van der Waals surface area contributed by atoms with E-state index in [1.165, 1.54) is 12.1 Å².